The number of nitrogens with one attached hydrogen (secondary N) is 1. The summed E-state index contributed by atoms with van der Waals surface area (Å²) in [7, 11) is 0. The van der Waals surface area contributed by atoms with Crippen molar-refractivity contribution in [2.45, 2.75) is 52.6 Å². The van der Waals surface area contributed by atoms with E-state index < -0.39 is 23.5 Å². The molecule has 20 heavy (non-hydrogen) atoms. The van der Waals surface area contributed by atoms with Gasteiger partial charge in [-0.3, -0.25) is 0 Å². The number of nitrogens with zero attached hydrogens (tertiary/aromatic N) is 1. The number of halogens is 2. The molecule has 4 nitrogen and oxygen atoms in total. The molecule has 6 heteroatoms. The second-order valence-electron chi connectivity index (χ2n) is 6.41. The van der Waals surface area contributed by atoms with Gasteiger partial charge >= 0.3 is 6.09 Å². The second-order valence-corrected chi connectivity index (χ2v) is 6.41. The molecule has 1 heterocycles. The van der Waals surface area contributed by atoms with E-state index in [0.717, 1.165) is 0 Å². The summed E-state index contributed by atoms with van der Waals surface area (Å²) >= 11 is 0. The molecule has 0 unspecified atom stereocenters. The van der Waals surface area contributed by atoms with Crippen LogP contribution in [0.25, 0.3) is 0 Å². The van der Waals surface area contributed by atoms with Crippen LogP contribution >= 0.6 is 0 Å². The van der Waals surface area contributed by atoms with Crippen LogP contribution < -0.4 is 5.32 Å². The van der Waals surface area contributed by atoms with Crippen molar-refractivity contribution in [2.75, 3.05) is 26.2 Å². The highest BCUT2D eigenvalue weighted by Crippen LogP contribution is 2.37. The van der Waals surface area contributed by atoms with Gasteiger partial charge in [0.25, 0.3) is 0 Å². The molecule has 0 radical (unpaired) electrons. The van der Waals surface area contributed by atoms with Crippen molar-refractivity contribution >= 4 is 6.09 Å². The number of rotatable bonds is 4. The van der Waals surface area contributed by atoms with E-state index in [4.69, 9.17) is 4.74 Å². The first-order chi connectivity index (χ1) is 9.20. The Bertz CT molecular complexity index is 322. The largest absolute Gasteiger partial charge is 0.444 e. The zero-order chi connectivity index (χ0) is 15.4. The van der Waals surface area contributed by atoms with Crippen molar-refractivity contribution in [3.05, 3.63) is 0 Å². The molecule has 118 valence electrons. The Kier molecular flexibility index (Phi) is 5.74. The first-order valence-corrected chi connectivity index (χ1v) is 7.17. The molecule has 1 aliphatic rings. The molecule has 0 spiro atoms. The minimum absolute atomic E-state index is 0.295. The van der Waals surface area contributed by atoms with Crippen molar-refractivity contribution in [3.8, 4) is 0 Å². The van der Waals surface area contributed by atoms with Gasteiger partial charge in [-0.15, -0.1) is 0 Å². The third-order valence-corrected chi connectivity index (χ3v) is 3.60. The van der Waals surface area contributed by atoms with Crippen LogP contribution in [0, 0.1) is 5.41 Å². The number of carbonyl (C=O) groups excluding carboxylic acids is 1. The first-order valence-electron chi connectivity index (χ1n) is 7.17. The number of ether oxygens (including phenoxy) is 1. The Morgan fingerprint density at radius 2 is 1.90 bits per heavy atom. The maximum atomic E-state index is 13.3. The van der Waals surface area contributed by atoms with Gasteiger partial charge in [-0.05, 0) is 40.2 Å². The average Bonchev–Trinajstić information content (AvgIpc) is 2.34. The maximum Gasteiger partial charge on any atom is 0.410 e. The van der Waals surface area contributed by atoms with Gasteiger partial charge in [0, 0.05) is 25.0 Å². The number of piperidine rings is 1. The predicted octanol–water partition coefficient (Wildman–Crippen LogP) is 2.88. The number of hydrogen-bond acceptors (Lipinski definition) is 3. The van der Waals surface area contributed by atoms with Gasteiger partial charge in [-0.2, -0.15) is 0 Å². The van der Waals surface area contributed by atoms with Gasteiger partial charge in [0.15, 0.2) is 0 Å². The van der Waals surface area contributed by atoms with Crippen LogP contribution in [0.2, 0.25) is 0 Å². The molecular formula is C14H26F2N2O2. The molecule has 1 N–H and O–H groups in total. The molecule has 1 fully saturated rings. The van der Waals surface area contributed by atoms with E-state index in [0.29, 0.717) is 39.0 Å². The van der Waals surface area contributed by atoms with Crippen LogP contribution in [0.1, 0.15) is 40.5 Å². The summed E-state index contributed by atoms with van der Waals surface area (Å²) in [4.78, 5) is 13.4. The molecule has 1 amide bonds. The second kappa shape index (κ2) is 6.70. The van der Waals surface area contributed by atoms with Crippen molar-refractivity contribution in [3.63, 3.8) is 0 Å². The highest BCUT2D eigenvalue weighted by Gasteiger charge is 2.43. The molecule has 0 saturated carbocycles. The van der Waals surface area contributed by atoms with E-state index in [1.165, 1.54) is 4.90 Å². The number of likely N-dealkylation sites (tertiary alicyclic amines) is 1. The molecule has 0 aliphatic carbocycles. The molecule has 0 aromatic rings. The lowest BCUT2D eigenvalue weighted by Crippen LogP contribution is -2.51. The van der Waals surface area contributed by atoms with Crippen LogP contribution in [-0.2, 0) is 4.74 Å². The molecule has 1 aliphatic heterocycles. The third-order valence-electron chi connectivity index (χ3n) is 3.60. The summed E-state index contributed by atoms with van der Waals surface area (Å²) in [6, 6.07) is 0. The Morgan fingerprint density at radius 3 is 2.30 bits per heavy atom. The van der Waals surface area contributed by atoms with E-state index in [9.17, 15) is 13.6 Å². The SMILES string of the molecule is CCNCC1(C(F)F)CCN(C(=O)OC(C)(C)C)CC1. The van der Waals surface area contributed by atoms with E-state index in [2.05, 4.69) is 5.32 Å². The summed E-state index contributed by atoms with van der Waals surface area (Å²) in [6.07, 6.45) is -2.18. The number of alkyl halides is 2. The van der Waals surface area contributed by atoms with Crippen molar-refractivity contribution in [1.29, 1.82) is 0 Å². The quantitative estimate of drug-likeness (QED) is 0.866. The lowest BCUT2D eigenvalue weighted by molar-refractivity contribution is -0.0511. The van der Waals surface area contributed by atoms with Gasteiger partial charge in [-0.25, -0.2) is 13.6 Å². The molecule has 0 aromatic heterocycles. The molecule has 1 rings (SSSR count). The topological polar surface area (TPSA) is 41.6 Å². The fraction of sp³-hybridized carbons (Fsp3) is 0.929. The standard InChI is InChI=1S/C14H26F2N2O2/c1-5-17-10-14(11(15)16)6-8-18(9-7-14)12(19)20-13(2,3)4/h11,17H,5-10H2,1-4H3. The Morgan fingerprint density at radius 1 is 1.35 bits per heavy atom. The van der Waals surface area contributed by atoms with Crippen molar-refractivity contribution in [1.82, 2.24) is 10.2 Å². The van der Waals surface area contributed by atoms with E-state index in [1.54, 1.807) is 20.8 Å². The van der Waals surface area contributed by atoms with Crippen LogP contribution in [-0.4, -0.2) is 49.2 Å². The van der Waals surface area contributed by atoms with E-state index >= 15 is 0 Å². The summed E-state index contributed by atoms with van der Waals surface area (Å²) < 4.78 is 31.9. The minimum atomic E-state index is -2.37. The number of amides is 1. The van der Waals surface area contributed by atoms with Crippen molar-refractivity contribution < 1.29 is 18.3 Å². The van der Waals surface area contributed by atoms with Gasteiger partial charge in [0.1, 0.15) is 5.60 Å². The van der Waals surface area contributed by atoms with Crippen LogP contribution in [0.5, 0.6) is 0 Å². The number of hydrogen-bond donors (Lipinski definition) is 1. The van der Waals surface area contributed by atoms with E-state index in [-0.39, 0.29) is 0 Å². The smallest absolute Gasteiger partial charge is 0.410 e. The Hall–Kier alpha value is -0.910. The molecular weight excluding hydrogens is 266 g/mol. The monoisotopic (exact) mass is 292 g/mol. The predicted molar refractivity (Wildman–Crippen MR) is 74.0 cm³/mol. The van der Waals surface area contributed by atoms with Crippen LogP contribution in [0.3, 0.4) is 0 Å². The minimum Gasteiger partial charge on any atom is -0.444 e. The average molecular weight is 292 g/mol. The van der Waals surface area contributed by atoms with Crippen LogP contribution in [0.4, 0.5) is 13.6 Å². The van der Waals surface area contributed by atoms with Gasteiger partial charge in [0.2, 0.25) is 6.43 Å². The summed E-state index contributed by atoms with van der Waals surface area (Å²) in [6.45, 7) is 8.90. The van der Waals surface area contributed by atoms with E-state index in [1.807, 2.05) is 6.92 Å². The Labute approximate surface area is 119 Å². The first kappa shape index (κ1) is 17.1. The van der Waals surface area contributed by atoms with Crippen LogP contribution in [0.15, 0.2) is 0 Å². The summed E-state index contributed by atoms with van der Waals surface area (Å²) in [5, 5.41) is 3.01. The molecule has 0 aromatic carbocycles. The fourth-order valence-electron chi connectivity index (χ4n) is 2.31. The van der Waals surface area contributed by atoms with Crippen molar-refractivity contribution in [2.24, 2.45) is 5.41 Å². The summed E-state index contributed by atoms with van der Waals surface area (Å²) in [5.41, 5.74) is -1.58. The van der Waals surface area contributed by atoms with Gasteiger partial charge in [-0.1, -0.05) is 6.92 Å². The van der Waals surface area contributed by atoms with Gasteiger partial charge < -0.3 is 15.0 Å². The molecule has 0 atom stereocenters. The highest BCUT2D eigenvalue weighted by molar-refractivity contribution is 5.68. The zero-order valence-electron chi connectivity index (χ0n) is 12.8. The normalized spacial score (nSPS) is 19.2. The molecule has 0 bridgehead atoms. The zero-order valence-corrected chi connectivity index (χ0v) is 12.8. The molecule has 1 saturated heterocycles. The fourth-order valence-corrected chi connectivity index (χ4v) is 2.31. The maximum absolute atomic E-state index is 13.3. The summed E-state index contributed by atoms with van der Waals surface area (Å²) in [5.74, 6) is 0. The lowest BCUT2D eigenvalue weighted by Gasteiger charge is -2.41. The number of carbonyl (C=O) groups is 1. The highest BCUT2D eigenvalue weighted by atomic mass is 19.3. The third kappa shape index (κ3) is 4.58. The Balaban J connectivity index is 2.58. The lowest BCUT2D eigenvalue weighted by atomic mass is 9.78. The van der Waals surface area contributed by atoms with Gasteiger partial charge in [0.05, 0.1) is 0 Å².